The minimum absolute atomic E-state index is 0.225. The SMILES string of the molecule is CCOCCCNCC(C)N1CCSCC1S(=O)(=O)CC. The van der Waals surface area contributed by atoms with Crippen molar-refractivity contribution >= 4 is 21.6 Å². The maximum atomic E-state index is 12.2. The van der Waals surface area contributed by atoms with Gasteiger partial charge in [0, 0.05) is 49.6 Å². The smallest absolute Gasteiger partial charge is 0.166 e. The molecule has 0 aromatic rings. The van der Waals surface area contributed by atoms with Crippen LogP contribution in [0.3, 0.4) is 0 Å². The van der Waals surface area contributed by atoms with Crippen LogP contribution in [0.2, 0.25) is 0 Å². The van der Waals surface area contributed by atoms with Gasteiger partial charge in [0.2, 0.25) is 0 Å². The number of hydrogen-bond acceptors (Lipinski definition) is 6. The van der Waals surface area contributed by atoms with E-state index in [1.807, 2.05) is 6.92 Å². The molecular weight excluding hydrogens is 308 g/mol. The Bertz CT molecular complexity index is 376. The molecule has 126 valence electrons. The lowest BCUT2D eigenvalue weighted by Gasteiger charge is -2.39. The van der Waals surface area contributed by atoms with Crippen molar-refractivity contribution in [3.8, 4) is 0 Å². The highest BCUT2D eigenvalue weighted by Crippen LogP contribution is 2.23. The van der Waals surface area contributed by atoms with Gasteiger partial charge in [-0.1, -0.05) is 6.92 Å². The Morgan fingerprint density at radius 3 is 2.86 bits per heavy atom. The second kappa shape index (κ2) is 10.0. The van der Waals surface area contributed by atoms with Gasteiger partial charge in [-0.05, 0) is 26.8 Å². The minimum Gasteiger partial charge on any atom is -0.382 e. The fraction of sp³-hybridized carbons (Fsp3) is 1.00. The van der Waals surface area contributed by atoms with E-state index in [4.69, 9.17) is 4.74 Å². The molecule has 2 unspecified atom stereocenters. The van der Waals surface area contributed by atoms with E-state index in [-0.39, 0.29) is 17.2 Å². The molecule has 7 heteroatoms. The van der Waals surface area contributed by atoms with Crippen LogP contribution in [0, 0.1) is 0 Å². The van der Waals surface area contributed by atoms with Gasteiger partial charge in [0.1, 0.15) is 5.37 Å². The summed E-state index contributed by atoms with van der Waals surface area (Å²) in [6.45, 7) is 10.00. The minimum atomic E-state index is -3.00. The fourth-order valence-electron chi connectivity index (χ4n) is 2.47. The predicted octanol–water partition coefficient (Wildman–Crippen LogP) is 1.20. The molecule has 0 saturated carbocycles. The van der Waals surface area contributed by atoms with E-state index in [1.165, 1.54) is 0 Å². The van der Waals surface area contributed by atoms with E-state index in [0.29, 0.717) is 5.75 Å². The van der Waals surface area contributed by atoms with Crippen LogP contribution in [0.1, 0.15) is 27.2 Å². The number of ether oxygens (including phenoxy) is 1. The predicted molar refractivity (Wildman–Crippen MR) is 90.7 cm³/mol. The summed E-state index contributed by atoms with van der Waals surface area (Å²) in [6, 6.07) is 0.240. The van der Waals surface area contributed by atoms with Crippen molar-refractivity contribution in [1.82, 2.24) is 10.2 Å². The van der Waals surface area contributed by atoms with E-state index >= 15 is 0 Å². The third-order valence-electron chi connectivity index (χ3n) is 3.79. The molecule has 2 atom stereocenters. The third kappa shape index (κ3) is 6.44. The van der Waals surface area contributed by atoms with E-state index in [1.54, 1.807) is 18.7 Å². The molecule has 0 aromatic carbocycles. The van der Waals surface area contributed by atoms with Crippen molar-refractivity contribution in [1.29, 1.82) is 0 Å². The lowest BCUT2D eigenvalue weighted by molar-refractivity contribution is 0.143. The summed E-state index contributed by atoms with van der Waals surface area (Å²) in [5.74, 6) is 1.94. The summed E-state index contributed by atoms with van der Waals surface area (Å²) < 4.78 is 29.8. The summed E-state index contributed by atoms with van der Waals surface area (Å²) in [7, 11) is -3.00. The van der Waals surface area contributed by atoms with Gasteiger partial charge in [-0.3, -0.25) is 4.90 Å². The first-order valence-electron chi connectivity index (χ1n) is 7.86. The Morgan fingerprint density at radius 1 is 1.43 bits per heavy atom. The molecule has 21 heavy (non-hydrogen) atoms. The zero-order chi connectivity index (χ0) is 15.7. The van der Waals surface area contributed by atoms with Crippen LogP contribution in [0.25, 0.3) is 0 Å². The van der Waals surface area contributed by atoms with Gasteiger partial charge in [-0.25, -0.2) is 8.42 Å². The van der Waals surface area contributed by atoms with Crippen molar-refractivity contribution in [3.63, 3.8) is 0 Å². The van der Waals surface area contributed by atoms with Gasteiger partial charge in [0.25, 0.3) is 0 Å². The van der Waals surface area contributed by atoms with Gasteiger partial charge < -0.3 is 10.1 Å². The van der Waals surface area contributed by atoms with Gasteiger partial charge in [-0.2, -0.15) is 11.8 Å². The highest BCUT2D eigenvalue weighted by atomic mass is 32.2. The Labute approximate surface area is 134 Å². The second-order valence-electron chi connectivity index (χ2n) is 5.32. The molecule has 1 fully saturated rings. The van der Waals surface area contributed by atoms with E-state index in [2.05, 4.69) is 17.1 Å². The standard InChI is InChI=1S/C14H30N2O3S2/c1-4-19-9-6-7-15-11-13(3)16-8-10-20-12-14(16)21(17,18)5-2/h13-15H,4-12H2,1-3H3. The Balaban J connectivity index is 2.41. The highest BCUT2D eigenvalue weighted by Gasteiger charge is 2.35. The maximum absolute atomic E-state index is 12.2. The molecule has 1 saturated heterocycles. The monoisotopic (exact) mass is 338 g/mol. The summed E-state index contributed by atoms with van der Waals surface area (Å²) in [4.78, 5) is 2.16. The summed E-state index contributed by atoms with van der Waals surface area (Å²) in [6.07, 6.45) is 0.993. The van der Waals surface area contributed by atoms with Gasteiger partial charge in [0.15, 0.2) is 9.84 Å². The molecule has 0 aromatic heterocycles. The Hall–Kier alpha value is 0.180. The molecule has 0 radical (unpaired) electrons. The van der Waals surface area contributed by atoms with Gasteiger partial charge in [-0.15, -0.1) is 0 Å². The average molecular weight is 339 g/mol. The quantitative estimate of drug-likeness (QED) is 0.604. The zero-order valence-electron chi connectivity index (χ0n) is 13.5. The molecular formula is C14H30N2O3S2. The number of rotatable bonds is 10. The van der Waals surface area contributed by atoms with E-state index in [9.17, 15) is 8.42 Å². The lowest BCUT2D eigenvalue weighted by Crippen LogP contribution is -2.54. The first-order valence-corrected chi connectivity index (χ1v) is 10.7. The summed E-state index contributed by atoms with van der Waals surface area (Å²) >= 11 is 1.75. The normalized spacial score (nSPS) is 22.3. The van der Waals surface area contributed by atoms with Crippen LogP contribution >= 0.6 is 11.8 Å². The molecule has 1 rings (SSSR count). The van der Waals surface area contributed by atoms with Crippen LogP contribution in [-0.4, -0.2) is 74.8 Å². The molecule has 1 aliphatic heterocycles. The fourth-order valence-corrected chi connectivity index (χ4v) is 5.60. The zero-order valence-corrected chi connectivity index (χ0v) is 15.1. The maximum Gasteiger partial charge on any atom is 0.166 e. The van der Waals surface area contributed by atoms with Crippen molar-refractivity contribution in [2.24, 2.45) is 0 Å². The molecule has 1 N–H and O–H groups in total. The molecule has 1 aliphatic rings. The van der Waals surface area contributed by atoms with E-state index in [0.717, 1.165) is 45.0 Å². The number of nitrogens with zero attached hydrogens (tertiary/aromatic N) is 1. The average Bonchev–Trinajstić information content (AvgIpc) is 2.50. The molecule has 5 nitrogen and oxygen atoms in total. The van der Waals surface area contributed by atoms with Crippen LogP contribution in [-0.2, 0) is 14.6 Å². The van der Waals surface area contributed by atoms with Crippen molar-refractivity contribution in [3.05, 3.63) is 0 Å². The molecule has 0 aliphatic carbocycles. The van der Waals surface area contributed by atoms with E-state index < -0.39 is 9.84 Å². The summed E-state index contributed by atoms with van der Waals surface area (Å²) in [5, 5.41) is 3.09. The topological polar surface area (TPSA) is 58.6 Å². The van der Waals surface area contributed by atoms with Crippen molar-refractivity contribution in [2.45, 2.75) is 38.6 Å². The lowest BCUT2D eigenvalue weighted by atomic mass is 10.2. The molecule has 0 spiro atoms. The van der Waals surface area contributed by atoms with Crippen molar-refractivity contribution in [2.75, 3.05) is 50.1 Å². The summed E-state index contributed by atoms with van der Waals surface area (Å²) in [5.41, 5.74) is 0. The van der Waals surface area contributed by atoms with Gasteiger partial charge in [0.05, 0.1) is 0 Å². The number of thioether (sulfide) groups is 1. The van der Waals surface area contributed by atoms with Crippen LogP contribution in [0.4, 0.5) is 0 Å². The highest BCUT2D eigenvalue weighted by molar-refractivity contribution is 8.01. The number of hydrogen-bond donors (Lipinski definition) is 1. The molecule has 1 heterocycles. The Morgan fingerprint density at radius 2 is 2.19 bits per heavy atom. The molecule has 0 bridgehead atoms. The van der Waals surface area contributed by atoms with Crippen molar-refractivity contribution < 1.29 is 13.2 Å². The van der Waals surface area contributed by atoms with Gasteiger partial charge >= 0.3 is 0 Å². The number of sulfone groups is 1. The van der Waals surface area contributed by atoms with Crippen LogP contribution in [0.15, 0.2) is 0 Å². The van der Waals surface area contributed by atoms with Crippen LogP contribution in [0.5, 0.6) is 0 Å². The Kier molecular flexibility index (Phi) is 9.20. The third-order valence-corrected chi connectivity index (χ3v) is 7.10. The van der Waals surface area contributed by atoms with Crippen LogP contribution < -0.4 is 5.32 Å². The molecule has 0 amide bonds. The first kappa shape index (κ1) is 19.2. The number of nitrogens with one attached hydrogen (secondary N) is 1. The second-order valence-corrected chi connectivity index (χ2v) is 8.92. The first-order chi connectivity index (χ1) is 10.0. The largest absolute Gasteiger partial charge is 0.382 e.